The number of carbonyl (C=O) groups excluding carboxylic acids is 1. The molecule has 0 radical (unpaired) electrons. The number of piperidine rings is 1. The zero-order chi connectivity index (χ0) is 14.2. The number of carbonyl (C=O) groups is 1. The largest absolute Gasteiger partial charge is 0.339 e. The average molecular weight is 292 g/mol. The van der Waals surface area contributed by atoms with Crippen LogP contribution in [0.25, 0.3) is 0 Å². The van der Waals surface area contributed by atoms with Crippen LogP contribution in [0.1, 0.15) is 25.7 Å². The molecule has 4 heterocycles. The van der Waals surface area contributed by atoms with Crippen LogP contribution in [0.5, 0.6) is 0 Å². The van der Waals surface area contributed by atoms with Crippen LogP contribution >= 0.6 is 0 Å². The van der Waals surface area contributed by atoms with Crippen LogP contribution in [0.4, 0.5) is 0 Å². The van der Waals surface area contributed by atoms with E-state index in [9.17, 15) is 4.79 Å². The van der Waals surface area contributed by atoms with Gasteiger partial charge in [0.15, 0.2) is 0 Å². The molecule has 1 N–H and O–H groups in total. The van der Waals surface area contributed by atoms with Gasteiger partial charge in [-0.3, -0.25) is 9.69 Å². The van der Waals surface area contributed by atoms with E-state index in [0.717, 1.165) is 45.1 Å². The van der Waals surface area contributed by atoms with Gasteiger partial charge in [0, 0.05) is 38.8 Å². The molecule has 4 rings (SSSR count). The topological polar surface area (TPSA) is 38.8 Å². The molecule has 0 spiro atoms. The van der Waals surface area contributed by atoms with E-state index < -0.39 is 0 Å². The number of nitrogens with zero attached hydrogens (tertiary/aromatic N) is 3. The van der Waals surface area contributed by atoms with E-state index in [4.69, 9.17) is 0 Å². The molecule has 0 aromatic carbocycles. The van der Waals surface area contributed by atoms with Gasteiger partial charge in [0.1, 0.15) is 0 Å². The number of hydrogen-bond acceptors (Lipinski definition) is 4. The zero-order valence-electron chi connectivity index (χ0n) is 13.0. The Bertz CT molecular complexity index is 396. The van der Waals surface area contributed by atoms with Crippen LogP contribution in [-0.4, -0.2) is 85.0 Å². The fourth-order valence-electron chi connectivity index (χ4n) is 4.91. The normalized spacial score (nSPS) is 40.7. The molecule has 2 bridgehead atoms. The molecule has 4 aliphatic heterocycles. The van der Waals surface area contributed by atoms with Crippen LogP contribution in [0.3, 0.4) is 0 Å². The number of piperazine rings is 1. The lowest BCUT2D eigenvalue weighted by Crippen LogP contribution is -2.56. The highest BCUT2D eigenvalue weighted by molar-refractivity contribution is 5.82. The summed E-state index contributed by atoms with van der Waals surface area (Å²) in [7, 11) is 0. The third-order valence-corrected chi connectivity index (χ3v) is 6.03. The Labute approximate surface area is 127 Å². The van der Waals surface area contributed by atoms with Gasteiger partial charge in [0.05, 0.1) is 6.04 Å². The van der Waals surface area contributed by atoms with Crippen LogP contribution in [0.2, 0.25) is 0 Å². The molecule has 1 amide bonds. The maximum atomic E-state index is 12.9. The van der Waals surface area contributed by atoms with E-state index in [1.165, 1.54) is 38.9 Å². The van der Waals surface area contributed by atoms with Crippen molar-refractivity contribution in [2.45, 2.75) is 37.8 Å². The van der Waals surface area contributed by atoms with Crippen molar-refractivity contribution < 1.29 is 4.79 Å². The summed E-state index contributed by atoms with van der Waals surface area (Å²) in [4.78, 5) is 20.2. The van der Waals surface area contributed by atoms with Gasteiger partial charge in [0.25, 0.3) is 0 Å². The van der Waals surface area contributed by atoms with Gasteiger partial charge in [-0.15, -0.1) is 0 Å². The zero-order valence-corrected chi connectivity index (χ0v) is 13.0. The highest BCUT2D eigenvalue weighted by Crippen LogP contribution is 2.35. The van der Waals surface area contributed by atoms with Crippen LogP contribution in [-0.2, 0) is 4.79 Å². The van der Waals surface area contributed by atoms with Crippen molar-refractivity contribution in [2.24, 2.45) is 5.92 Å². The number of hydrogen-bond donors (Lipinski definition) is 1. The number of amides is 1. The Hall–Kier alpha value is -0.650. The van der Waals surface area contributed by atoms with Gasteiger partial charge in [-0.2, -0.15) is 0 Å². The highest BCUT2D eigenvalue weighted by atomic mass is 16.2. The molecule has 4 fully saturated rings. The number of rotatable bonds is 2. The maximum absolute atomic E-state index is 12.9. The molecule has 0 saturated carbocycles. The van der Waals surface area contributed by atoms with Crippen LogP contribution in [0, 0.1) is 5.92 Å². The Morgan fingerprint density at radius 1 is 0.952 bits per heavy atom. The second-order valence-corrected chi connectivity index (χ2v) is 7.18. The van der Waals surface area contributed by atoms with E-state index in [1.807, 2.05) is 0 Å². The standard InChI is InChI=1S/C16H28N4O/c21-16(19-10-5-17-6-11-19)15-2-1-7-20(15)14-4-9-18-8-3-13(14)12-18/h13-15,17H,1-12H2. The second kappa shape index (κ2) is 5.86. The smallest absolute Gasteiger partial charge is 0.240 e. The van der Waals surface area contributed by atoms with Gasteiger partial charge >= 0.3 is 0 Å². The second-order valence-electron chi connectivity index (χ2n) is 7.18. The first-order chi connectivity index (χ1) is 10.3. The SMILES string of the molecule is O=C(C1CCCN1C1CCN2CCC1C2)N1CCNCC1. The quantitative estimate of drug-likeness (QED) is 0.776. The van der Waals surface area contributed by atoms with E-state index in [2.05, 4.69) is 20.0 Å². The van der Waals surface area contributed by atoms with Gasteiger partial charge in [0.2, 0.25) is 5.91 Å². The van der Waals surface area contributed by atoms with Crippen LogP contribution < -0.4 is 5.32 Å². The minimum absolute atomic E-state index is 0.181. The number of nitrogens with one attached hydrogen (secondary N) is 1. The highest BCUT2D eigenvalue weighted by Gasteiger charge is 2.43. The first-order valence-electron chi connectivity index (χ1n) is 8.80. The molecule has 4 atom stereocenters. The summed E-state index contributed by atoms with van der Waals surface area (Å²) in [5.41, 5.74) is 0. The minimum Gasteiger partial charge on any atom is -0.339 e. The molecule has 4 saturated heterocycles. The fraction of sp³-hybridized carbons (Fsp3) is 0.938. The summed E-state index contributed by atoms with van der Waals surface area (Å²) >= 11 is 0. The lowest BCUT2D eigenvalue weighted by atomic mass is 9.92. The Balaban J connectivity index is 1.45. The van der Waals surface area contributed by atoms with Gasteiger partial charge in [-0.25, -0.2) is 0 Å². The van der Waals surface area contributed by atoms with E-state index >= 15 is 0 Å². The molecular weight excluding hydrogens is 264 g/mol. The van der Waals surface area contributed by atoms with Crippen molar-refractivity contribution in [1.29, 1.82) is 0 Å². The molecule has 0 aliphatic carbocycles. The predicted octanol–water partition coefficient (Wildman–Crippen LogP) is -0.0232. The predicted molar refractivity (Wildman–Crippen MR) is 82.1 cm³/mol. The van der Waals surface area contributed by atoms with Gasteiger partial charge in [-0.1, -0.05) is 0 Å². The fourth-order valence-corrected chi connectivity index (χ4v) is 4.91. The maximum Gasteiger partial charge on any atom is 0.240 e. The number of likely N-dealkylation sites (tertiary alicyclic amines) is 1. The molecule has 21 heavy (non-hydrogen) atoms. The van der Waals surface area contributed by atoms with E-state index in [-0.39, 0.29) is 6.04 Å². The van der Waals surface area contributed by atoms with Crippen molar-refractivity contribution in [3.05, 3.63) is 0 Å². The summed E-state index contributed by atoms with van der Waals surface area (Å²) in [5, 5.41) is 3.34. The Morgan fingerprint density at radius 3 is 2.62 bits per heavy atom. The third-order valence-electron chi connectivity index (χ3n) is 6.03. The van der Waals surface area contributed by atoms with Crippen molar-refractivity contribution in [2.75, 3.05) is 52.4 Å². The van der Waals surface area contributed by atoms with E-state index in [1.54, 1.807) is 0 Å². The number of fused-ring (bicyclic) bond motifs is 2. The first kappa shape index (κ1) is 14.0. The van der Waals surface area contributed by atoms with Crippen molar-refractivity contribution in [1.82, 2.24) is 20.0 Å². The molecule has 118 valence electrons. The summed E-state index contributed by atoms with van der Waals surface area (Å²) in [6.45, 7) is 8.64. The molecule has 5 heteroatoms. The van der Waals surface area contributed by atoms with Crippen LogP contribution in [0.15, 0.2) is 0 Å². The average Bonchev–Trinajstić information content (AvgIpc) is 3.16. The van der Waals surface area contributed by atoms with Crippen molar-refractivity contribution in [3.8, 4) is 0 Å². The Morgan fingerprint density at radius 2 is 1.76 bits per heavy atom. The minimum atomic E-state index is 0.181. The van der Waals surface area contributed by atoms with E-state index in [0.29, 0.717) is 11.9 Å². The monoisotopic (exact) mass is 292 g/mol. The summed E-state index contributed by atoms with van der Waals surface area (Å²) in [6.07, 6.45) is 4.90. The third kappa shape index (κ3) is 2.60. The van der Waals surface area contributed by atoms with Gasteiger partial charge < -0.3 is 15.1 Å². The molecular formula is C16H28N4O. The molecule has 4 unspecified atom stereocenters. The molecule has 5 nitrogen and oxygen atoms in total. The molecule has 0 aromatic rings. The summed E-state index contributed by atoms with van der Waals surface area (Å²) in [6, 6.07) is 0.850. The summed E-state index contributed by atoms with van der Waals surface area (Å²) < 4.78 is 0. The van der Waals surface area contributed by atoms with Crippen molar-refractivity contribution >= 4 is 5.91 Å². The lowest BCUT2D eigenvalue weighted by molar-refractivity contribution is -0.138. The molecule has 0 aromatic heterocycles. The van der Waals surface area contributed by atoms with Gasteiger partial charge in [-0.05, 0) is 51.2 Å². The Kier molecular flexibility index (Phi) is 3.90. The lowest BCUT2D eigenvalue weighted by Gasteiger charge is -2.41. The first-order valence-corrected chi connectivity index (χ1v) is 8.80. The summed E-state index contributed by atoms with van der Waals surface area (Å²) in [5.74, 6) is 1.23. The van der Waals surface area contributed by atoms with Crippen molar-refractivity contribution in [3.63, 3.8) is 0 Å². The molecule has 4 aliphatic rings.